The Kier molecular flexibility index (Phi) is 5.82. The Morgan fingerprint density at radius 3 is 2.76 bits per heavy atom. The Hall–Kier alpha value is -1.33. The van der Waals surface area contributed by atoms with Crippen molar-refractivity contribution in [1.29, 1.82) is 0 Å². The van der Waals surface area contributed by atoms with Crippen molar-refractivity contribution in [3.05, 3.63) is 46.5 Å². The van der Waals surface area contributed by atoms with Crippen molar-refractivity contribution in [1.82, 2.24) is 4.98 Å². The number of aryl methyl sites for hydroxylation is 2. The van der Waals surface area contributed by atoms with E-state index in [2.05, 4.69) is 36.2 Å². The first-order chi connectivity index (χ1) is 10.0. The SMILES string of the molecule is Cc1nc(SC(C)CCc2ccccc2)sc1CC(N)=O. The van der Waals surface area contributed by atoms with E-state index < -0.39 is 0 Å². The lowest BCUT2D eigenvalue weighted by Crippen LogP contribution is -2.13. The molecule has 1 heterocycles. The van der Waals surface area contributed by atoms with Crippen molar-refractivity contribution in [2.24, 2.45) is 5.73 Å². The summed E-state index contributed by atoms with van der Waals surface area (Å²) in [6, 6.07) is 10.5. The number of thioether (sulfide) groups is 1. The van der Waals surface area contributed by atoms with Crippen LogP contribution in [-0.4, -0.2) is 16.1 Å². The molecule has 0 saturated heterocycles. The van der Waals surface area contributed by atoms with Gasteiger partial charge in [0, 0.05) is 10.1 Å². The molecule has 1 aromatic heterocycles. The molecule has 0 aliphatic heterocycles. The first kappa shape index (κ1) is 16.0. The van der Waals surface area contributed by atoms with Gasteiger partial charge in [-0.15, -0.1) is 11.3 Å². The standard InChI is InChI=1S/C16H20N2OS2/c1-11(8-9-13-6-4-3-5-7-13)20-16-18-12(2)14(21-16)10-15(17)19/h3-7,11H,8-10H2,1-2H3,(H2,17,19). The number of amides is 1. The molecule has 2 rings (SSSR count). The zero-order valence-electron chi connectivity index (χ0n) is 12.3. The molecule has 1 aromatic carbocycles. The zero-order valence-corrected chi connectivity index (χ0v) is 14.0. The van der Waals surface area contributed by atoms with Gasteiger partial charge in [-0.3, -0.25) is 4.79 Å². The highest BCUT2D eigenvalue weighted by molar-refractivity contribution is 8.01. The predicted molar refractivity (Wildman–Crippen MR) is 89.8 cm³/mol. The van der Waals surface area contributed by atoms with E-state index in [-0.39, 0.29) is 5.91 Å². The molecular weight excluding hydrogens is 300 g/mol. The number of hydrogen-bond donors (Lipinski definition) is 1. The maximum absolute atomic E-state index is 11.0. The van der Waals surface area contributed by atoms with Gasteiger partial charge < -0.3 is 5.73 Å². The van der Waals surface area contributed by atoms with Gasteiger partial charge >= 0.3 is 0 Å². The lowest BCUT2D eigenvalue weighted by atomic mass is 10.1. The fraction of sp³-hybridized carbons (Fsp3) is 0.375. The van der Waals surface area contributed by atoms with Crippen molar-refractivity contribution in [2.75, 3.05) is 0 Å². The predicted octanol–water partition coefficient (Wildman–Crippen LogP) is 3.59. The van der Waals surface area contributed by atoms with E-state index in [0.29, 0.717) is 11.7 Å². The molecule has 0 aliphatic rings. The van der Waals surface area contributed by atoms with E-state index in [9.17, 15) is 4.79 Å². The number of primary amides is 1. The van der Waals surface area contributed by atoms with Crippen LogP contribution in [-0.2, 0) is 17.6 Å². The number of nitrogens with two attached hydrogens (primary N) is 1. The number of rotatable bonds is 7. The van der Waals surface area contributed by atoms with E-state index in [0.717, 1.165) is 27.8 Å². The van der Waals surface area contributed by atoms with Crippen LogP contribution >= 0.6 is 23.1 Å². The number of carbonyl (C=O) groups excluding carboxylic acids is 1. The minimum atomic E-state index is -0.296. The van der Waals surface area contributed by atoms with Crippen LogP contribution in [0.5, 0.6) is 0 Å². The van der Waals surface area contributed by atoms with Crippen molar-refractivity contribution in [2.45, 2.75) is 42.7 Å². The Bertz CT molecular complexity index is 596. The normalized spacial score (nSPS) is 12.3. The number of hydrogen-bond acceptors (Lipinski definition) is 4. The molecule has 0 fully saturated rings. The van der Waals surface area contributed by atoms with Crippen molar-refractivity contribution in [3.8, 4) is 0 Å². The van der Waals surface area contributed by atoms with E-state index in [1.165, 1.54) is 5.56 Å². The van der Waals surface area contributed by atoms with E-state index in [4.69, 9.17) is 5.73 Å². The summed E-state index contributed by atoms with van der Waals surface area (Å²) in [5, 5.41) is 0.497. The van der Waals surface area contributed by atoms with Crippen LogP contribution in [0.3, 0.4) is 0 Å². The monoisotopic (exact) mass is 320 g/mol. The average Bonchev–Trinajstić information content (AvgIpc) is 2.77. The van der Waals surface area contributed by atoms with E-state index >= 15 is 0 Å². The topological polar surface area (TPSA) is 56.0 Å². The maximum atomic E-state index is 11.0. The van der Waals surface area contributed by atoms with Gasteiger partial charge in [0.05, 0.1) is 12.1 Å². The van der Waals surface area contributed by atoms with Crippen molar-refractivity contribution in [3.63, 3.8) is 0 Å². The van der Waals surface area contributed by atoms with Crippen molar-refractivity contribution < 1.29 is 4.79 Å². The second-order valence-corrected chi connectivity index (χ2v) is 7.85. The van der Waals surface area contributed by atoms with Crippen LogP contribution < -0.4 is 5.73 Å². The fourth-order valence-electron chi connectivity index (χ4n) is 2.02. The molecule has 1 atom stereocenters. The molecular formula is C16H20N2OS2. The van der Waals surface area contributed by atoms with Gasteiger partial charge in [0.25, 0.3) is 0 Å². The summed E-state index contributed by atoms with van der Waals surface area (Å²) in [7, 11) is 0. The molecule has 21 heavy (non-hydrogen) atoms. The third-order valence-corrected chi connectivity index (χ3v) is 5.61. The van der Waals surface area contributed by atoms with Gasteiger partial charge in [0.1, 0.15) is 0 Å². The van der Waals surface area contributed by atoms with Gasteiger partial charge in [0.15, 0.2) is 4.34 Å². The lowest BCUT2D eigenvalue weighted by molar-refractivity contribution is -0.117. The van der Waals surface area contributed by atoms with Gasteiger partial charge in [-0.1, -0.05) is 49.0 Å². The highest BCUT2D eigenvalue weighted by Gasteiger charge is 2.13. The minimum Gasteiger partial charge on any atom is -0.369 e. The molecule has 0 radical (unpaired) electrons. The van der Waals surface area contributed by atoms with Crippen LogP contribution in [0.2, 0.25) is 0 Å². The molecule has 0 spiro atoms. The third kappa shape index (κ3) is 5.17. The summed E-state index contributed by atoms with van der Waals surface area (Å²) in [5.41, 5.74) is 7.55. The first-order valence-electron chi connectivity index (χ1n) is 7.00. The third-order valence-electron chi connectivity index (χ3n) is 3.19. The summed E-state index contributed by atoms with van der Waals surface area (Å²) in [5.74, 6) is -0.296. The minimum absolute atomic E-state index is 0.294. The van der Waals surface area contributed by atoms with Gasteiger partial charge in [-0.05, 0) is 25.3 Å². The zero-order chi connectivity index (χ0) is 15.2. The molecule has 0 bridgehead atoms. The summed E-state index contributed by atoms with van der Waals surface area (Å²) < 4.78 is 1.03. The highest BCUT2D eigenvalue weighted by atomic mass is 32.2. The van der Waals surface area contributed by atoms with E-state index in [1.54, 1.807) is 23.1 Å². The second kappa shape index (κ2) is 7.61. The number of benzene rings is 1. The largest absolute Gasteiger partial charge is 0.369 e. The first-order valence-corrected chi connectivity index (χ1v) is 8.69. The molecule has 2 aromatic rings. The van der Waals surface area contributed by atoms with Gasteiger partial charge in [-0.2, -0.15) is 0 Å². The van der Waals surface area contributed by atoms with Crippen molar-refractivity contribution >= 4 is 29.0 Å². The highest BCUT2D eigenvalue weighted by Crippen LogP contribution is 2.32. The smallest absolute Gasteiger partial charge is 0.222 e. The number of nitrogens with zero attached hydrogens (tertiary/aromatic N) is 1. The molecule has 5 heteroatoms. The fourth-order valence-corrected chi connectivity index (χ4v) is 4.58. The lowest BCUT2D eigenvalue weighted by Gasteiger charge is -2.08. The second-order valence-electron chi connectivity index (χ2n) is 5.08. The van der Waals surface area contributed by atoms with Crippen LogP contribution in [0.1, 0.15) is 29.5 Å². The van der Waals surface area contributed by atoms with Crippen LogP contribution in [0.4, 0.5) is 0 Å². The Labute approximate surface area is 134 Å². The Morgan fingerprint density at radius 2 is 2.10 bits per heavy atom. The Balaban J connectivity index is 1.87. The maximum Gasteiger partial charge on any atom is 0.222 e. The van der Waals surface area contributed by atoms with Crippen LogP contribution in [0, 0.1) is 6.92 Å². The van der Waals surface area contributed by atoms with Gasteiger partial charge in [0.2, 0.25) is 5.91 Å². The molecule has 112 valence electrons. The summed E-state index contributed by atoms with van der Waals surface area (Å²) in [4.78, 5) is 16.5. The van der Waals surface area contributed by atoms with E-state index in [1.807, 2.05) is 13.0 Å². The molecule has 0 aliphatic carbocycles. The molecule has 3 nitrogen and oxygen atoms in total. The van der Waals surface area contributed by atoms with Crippen LogP contribution in [0.15, 0.2) is 34.7 Å². The summed E-state index contributed by atoms with van der Waals surface area (Å²) in [6.45, 7) is 4.16. The number of aromatic nitrogens is 1. The molecule has 2 N–H and O–H groups in total. The Morgan fingerprint density at radius 1 is 1.38 bits per heavy atom. The average molecular weight is 320 g/mol. The molecule has 0 saturated carbocycles. The summed E-state index contributed by atoms with van der Waals surface area (Å²) in [6.07, 6.45) is 2.48. The van der Waals surface area contributed by atoms with Gasteiger partial charge in [-0.25, -0.2) is 4.98 Å². The quantitative estimate of drug-likeness (QED) is 0.793. The molecule has 1 amide bonds. The number of carbonyl (C=O) groups is 1. The van der Waals surface area contributed by atoms with Crippen LogP contribution in [0.25, 0.3) is 0 Å². The molecule has 1 unspecified atom stereocenters. The number of thiazole rings is 1. The summed E-state index contributed by atoms with van der Waals surface area (Å²) >= 11 is 3.37.